The number of nitrogens with one attached hydrogen (secondary N) is 2. The monoisotopic (exact) mass is 269 g/mol. The Balaban J connectivity index is 1.99. The number of fused-ring (bicyclic) bond motifs is 1. The van der Waals surface area contributed by atoms with Gasteiger partial charge < -0.3 is 5.32 Å². The van der Waals surface area contributed by atoms with Crippen LogP contribution in [0.4, 0.5) is 11.4 Å². The summed E-state index contributed by atoms with van der Waals surface area (Å²) in [7, 11) is 0. The van der Waals surface area contributed by atoms with Gasteiger partial charge in [0, 0.05) is 18.5 Å². The first kappa shape index (κ1) is 12.1. The van der Waals surface area contributed by atoms with E-state index in [1.807, 2.05) is 6.07 Å². The molecule has 2 heterocycles. The summed E-state index contributed by atoms with van der Waals surface area (Å²) in [4.78, 5) is 14.8. The molecule has 3 rings (SSSR count). The maximum atomic E-state index is 11.0. The molecular formula is C13H11N5O2. The quantitative estimate of drug-likeness (QED) is 0.560. The molecule has 0 spiro atoms. The highest BCUT2D eigenvalue weighted by atomic mass is 16.6. The minimum atomic E-state index is -0.400. The van der Waals surface area contributed by atoms with E-state index in [0.717, 1.165) is 11.4 Å². The van der Waals surface area contributed by atoms with Crippen LogP contribution in [0.2, 0.25) is 0 Å². The Morgan fingerprint density at radius 3 is 2.90 bits per heavy atom. The fourth-order valence-electron chi connectivity index (χ4n) is 2.03. The number of hydrogen-bond acceptors (Lipinski definition) is 5. The van der Waals surface area contributed by atoms with Crippen molar-refractivity contribution >= 4 is 22.3 Å². The maximum Gasteiger partial charge on any atom is 0.278 e. The molecule has 3 aromatic rings. The zero-order valence-corrected chi connectivity index (χ0v) is 10.4. The molecule has 7 nitrogen and oxygen atoms in total. The van der Waals surface area contributed by atoms with Crippen LogP contribution in [0.5, 0.6) is 0 Å². The summed E-state index contributed by atoms with van der Waals surface area (Å²) >= 11 is 0. The van der Waals surface area contributed by atoms with E-state index in [1.165, 1.54) is 6.07 Å². The molecule has 7 heteroatoms. The van der Waals surface area contributed by atoms with E-state index in [0.29, 0.717) is 17.4 Å². The molecule has 0 bridgehead atoms. The zero-order valence-electron chi connectivity index (χ0n) is 10.4. The van der Waals surface area contributed by atoms with Crippen molar-refractivity contribution in [2.45, 2.75) is 6.54 Å². The molecule has 0 amide bonds. The fraction of sp³-hybridized carbons (Fsp3) is 0.0769. The highest BCUT2D eigenvalue weighted by molar-refractivity contribution is 5.96. The van der Waals surface area contributed by atoms with Crippen molar-refractivity contribution in [3.8, 4) is 0 Å². The summed E-state index contributed by atoms with van der Waals surface area (Å²) in [5.74, 6) is 0. The van der Waals surface area contributed by atoms with Crippen LogP contribution in [-0.4, -0.2) is 20.1 Å². The van der Waals surface area contributed by atoms with Gasteiger partial charge in [0.05, 0.1) is 28.2 Å². The van der Waals surface area contributed by atoms with Crippen LogP contribution in [0.15, 0.2) is 42.7 Å². The number of nitro groups is 1. The molecule has 0 unspecified atom stereocenters. The molecular weight excluding hydrogens is 258 g/mol. The Labute approximate surface area is 113 Å². The lowest BCUT2D eigenvalue weighted by atomic mass is 10.1. The average molecular weight is 269 g/mol. The number of nitro benzene ring substituents is 1. The fourth-order valence-corrected chi connectivity index (χ4v) is 2.03. The lowest BCUT2D eigenvalue weighted by molar-refractivity contribution is -0.383. The van der Waals surface area contributed by atoms with Gasteiger partial charge in [0.1, 0.15) is 5.52 Å². The van der Waals surface area contributed by atoms with Crippen LogP contribution in [0.25, 0.3) is 10.9 Å². The second kappa shape index (κ2) is 4.96. The van der Waals surface area contributed by atoms with Crippen molar-refractivity contribution in [3.63, 3.8) is 0 Å². The van der Waals surface area contributed by atoms with Gasteiger partial charge in [0.2, 0.25) is 0 Å². The van der Waals surface area contributed by atoms with E-state index < -0.39 is 4.92 Å². The smallest absolute Gasteiger partial charge is 0.278 e. The van der Waals surface area contributed by atoms with Crippen molar-refractivity contribution < 1.29 is 4.92 Å². The molecule has 1 aromatic carbocycles. The SMILES string of the molecule is O=[N+]([O-])c1ccc(NCc2ccn[nH]2)c2ncccc12. The van der Waals surface area contributed by atoms with Crippen LogP contribution in [0.1, 0.15) is 5.69 Å². The number of anilines is 1. The molecule has 0 atom stereocenters. The molecule has 20 heavy (non-hydrogen) atoms. The summed E-state index contributed by atoms with van der Waals surface area (Å²) in [6, 6.07) is 8.40. The molecule has 2 N–H and O–H groups in total. The third-order valence-electron chi connectivity index (χ3n) is 2.97. The third-order valence-corrected chi connectivity index (χ3v) is 2.97. The standard InChI is InChI=1S/C13H11N5O2/c19-18(20)12-4-3-11(13-10(12)2-1-6-14-13)15-8-9-5-7-16-17-9/h1-7,15H,8H2,(H,16,17). The summed E-state index contributed by atoms with van der Waals surface area (Å²) < 4.78 is 0. The Bertz CT molecular complexity index is 755. The molecule has 0 aliphatic heterocycles. The van der Waals surface area contributed by atoms with Gasteiger partial charge in [0.15, 0.2) is 0 Å². The van der Waals surface area contributed by atoms with E-state index in [9.17, 15) is 10.1 Å². The molecule has 0 radical (unpaired) electrons. The first-order chi connectivity index (χ1) is 9.75. The van der Waals surface area contributed by atoms with Gasteiger partial charge in [-0.2, -0.15) is 5.10 Å². The minimum Gasteiger partial charge on any atom is -0.378 e. The Morgan fingerprint density at radius 1 is 1.25 bits per heavy atom. The molecule has 0 fully saturated rings. The lowest BCUT2D eigenvalue weighted by Gasteiger charge is -2.08. The van der Waals surface area contributed by atoms with Gasteiger partial charge in [-0.05, 0) is 24.3 Å². The number of H-pyrrole nitrogens is 1. The van der Waals surface area contributed by atoms with Gasteiger partial charge >= 0.3 is 0 Å². The lowest BCUT2D eigenvalue weighted by Crippen LogP contribution is -2.02. The van der Waals surface area contributed by atoms with Gasteiger partial charge in [-0.25, -0.2) is 0 Å². The van der Waals surface area contributed by atoms with Gasteiger partial charge in [0.25, 0.3) is 5.69 Å². The van der Waals surface area contributed by atoms with E-state index >= 15 is 0 Å². The summed E-state index contributed by atoms with van der Waals surface area (Å²) in [5, 5.41) is 21.4. The van der Waals surface area contributed by atoms with Crippen LogP contribution < -0.4 is 5.32 Å². The molecule has 0 aliphatic carbocycles. The van der Waals surface area contributed by atoms with Gasteiger partial charge in [-0.1, -0.05) is 0 Å². The largest absolute Gasteiger partial charge is 0.378 e. The van der Waals surface area contributed by atoms with Gasteiger partial charge in [-0.15, -0.1) is 0 Å². The van der Waals surface area contributed by atoms with Crippen LogP contribution >= 0.6 is 0 Å². The maximum absolute atomic E-state index is 11.0. The molecule has 0 saturated heterocycles. The molecule has 100 valence electrons. The van der Waals surface area contributed by atoms with Crippen molar-refractivity contribution in [2.75, 3.05) is 5.32 Å². The predicted octanol–water partition coefficient (Wildman–Crippen LogP) is 2.48. The Morgan fingerprint density at radius 2 is 2.15 bits per heavy atom. The number of rotatable bonds is 4. The van der Waals surface area contributed by atoms with Crippen LogP contribution in [0.3, 0.4) is 0 Å². The zero-order chi connectivity index (χ0) is 13.9. The van der Waals surface area contributed by atoms with E-state index in [2.05, 4.69) is 20.5 Å². The number of aromatic amines is 1. The molecule has 0 aliphatic rings. The molecule has 0 saturated carbocycles. The summed E-state index contributed by atoms with van der Waals surface area (Å²) in [6.45, 7) is 0.545. The topological polar surface area (TPSA) is 96.7 Å². The minimum absolute atomic E-state index is 0.0557. The number of benzene rings is 1. The number of non-ortho nitro benzene ring substituents is 1. The number of pyridine rings is 1. The second-order valence-corrected chi connectivity index (χ2v) is 4.22. The van der Waals surface area contributed by atoms with Crippen molar-refractivity contribution in [2.24, 2.45) is 0 Å². The first-order valence-corrected chi connectivity index (χ1v) is 6.00. The number of nitrogens with zero attached hydrogens (tertiary/aromatic N) is 3. The Hall–Kier alpha value is -2.96. The number of aromatic nitrogens is 3. The average Bonchev–Trinajstić information content (AvgIpc) is 2.97. The van der Waals surface area contributed by atoms with E-state index in [4.69, 9.17) is 0 Å². The predicted molar refractivity (Wildman–Crippen MR) is 74.3 cm³/mol. The second-order valence-electron chi connectivity index (χ2n) is 4.22. The Kier molecular flexibility index (Phi) is 3.00. The highest BCUT2D eigenvalue weighted by Gasteiger charge is 2.14. The normalized spacial score (nSPS) is 10.6. The first-order valence-electron chi connectivity index (χ1n) is 6.00. The van der Waals surface area contributed by atoms with E-state index in [1.54, 1.807) is 30.6 Å². The summed E-state index contributed by atoms with van der Waals surface area (Å²) in [5.41, 5.74) is 2.31. The number of hydrogen-bond donors (Lipinski definition) is 2. The third kappa shape index (κ3) is 2.16. The van der Waals surface area contributed by atoms with Gasteiger partial charge in [-0.3, -0.25) is 20.2 Å². The van der Waals surface area contributed by atoms with Crippen LogP contribution in [-0.2, 0) is 6.54 Å². The van der Waals surface area contributed by atoms with Crippen molar-refractivity contribution in [3.05, 3.63) is 58.5 Å². The highest BCUT2D eigenvalue weighted by Crippen LogP contribution is 2.29. The molecule has 2 aromatic heterocycles. The van der Waals surface area contributed by atoms with Crippen LogP contribution in [0, 0.1) is 10.1 Å². The van der Waals surface area contributed by atoms with E-state index in [-0.39, 0.29) is 5.69 Å². The summed E-state index contributed by atoms with van der Waals surface area (Å²) in [6.07, 6.45) is 3.29. The van der Waals surface area contributed by atoms with Crippen molar-refractivity contribution in [1.82, 2.24) is 15.2 Å². The van der Waals surface area contributed by atoms with Crippen molar-refractivity contribution in [1.29, 1.82) is 0 Å².